The zero-order valence-corrected chi connectivity index (χ0v) is 13.2. The van der Waals surface area contributed by atoms with Crippen LogP contribution in [0.4, 0.5) is 13.2 Å². The molecule has 0 saturated carbocycles. The van der Waals surface area contributed by atoms with Crippen LogP contribution in [0.25, 0.3) is 0 Å². The van der Waals surface area contributed by atoms with E-state index in [2.05, 4.69) is 15.9 Å². The Hall–Kier alpha value is -1.04. The molecular formula is C14H17BrF3NO. The summed E-state index contributed by atoms with van der Waals surface area (Å²) in [5, 5.41) is 0. The fraction of sp³-hybridized carbons (Fsp3) is 0.500. The minimum atomic E-state index is -4.46. The predicted molar refractivity (Wildman–Crippen MR) is 75.6 cm³/mol. The molecule has 1 rings (SSSR count). The molecule has 1 aromatic carbocycles. The van der Waals surface area contributed by atoms with Crippen molar-refractivity contribution in [2.75, 3.05) is 7.05 Å². The summed E-state index contributed by atoms with van der Waals surface area (Å²) in [4.78, 5) is 13.8. The lowest BCUT2D eigenvalue weighted by Gasteiger charge is -2.27. The maximum atomic E-state index is 12.7. The van der Waals surface area contributed by atoms with Crippen LogP contribution in [0.5, 0.6) is 0 Å². The average molecular weight is 352 g/mol. The topological polar surface area (TPSA) is 20.3 Å². The molecule has 0 unspecified atom stereocenters. The van der Waals surface area contributed by atoms with Gasteiger partial charge in [-0.3, -0.25) is 4.79 Å². The molecule has 2 nitrogen and oxygen atoms in total. The minimum absolute atomic E-state index is 0.0175. The molecule has 0 aliphatic carbocycles. The van der Waals surface area contributed by atoms with Crippen molar-refractivity contribution in [2.45, 2.75) is 38.9 Å². The van der Waals surface area contributed by atoms with E-state index in [9.17, 15) is 18.0 Å². The van der Waals surface area contributed by atoms with Crippen LogP contribution in [-0.4, -0.2) is 23.9 Å². The van der Waals surface area contributed by atoms with Gasteiger partial charge < -0.3 is 4.90 Å². The monoisotopic (exact) mass is 351 g/mol. The van der Waals surface area contributed by atoms with E-state index < -0.39 is 17.6 Å². The predicted octanol–water partition coefficient (Wildman–Crippen LogP) is 4.73. The number of halogens is 4. The van der Waals surface area contributed by atoms with Crippen molar-refractivity contribution in [1.29, 1.82) is 0 Å². The lowest BCUT2D eigenvalue weighted by atomic mass is 10.1. The van der Waals surface area contributed by atoms with Crippen molar-refractivity contribution in [3.05, 3.63) is 33.8 Å². The number of amides is 1. The molecular weight excluding hydrogens is 335 g/mol. The molecule has 112 valence electrons. The summed E-state index contributed by atoms with van der Waals surface area (Å²) < 4.78 is 38.5. The second-order valence-corrected chi connectivity index (χ2v) is 5.43. The number of hydrogen-bond donors (Lipinski definition) is 0. The highest BCUT2D eigenvalue weighted by Gasteiger charge is 2.32. The first-order chi connectivity index (χ1) is 9.22. The Morgan fingerprint density at radius 1 is 1.30 bits per heavy atom. The smallest absolute Gasteiger partial charge is 0.339 e. The number of nitrogens with zero attached hydrogens (tertiary/aromatic N) is 1. The fourth-order valence-corrected chi connectivity index (χ4v) is 2.47. The molecule has 20 heavy (non-hydrogen) atoms. The van der Waals surface area contributed by atoms with Gasteiger partial charge in [0.05, 0.1) is 11.1 Å². The van der Waals surface area contributed by atoms with Crippen molar-refractivity contribution in [2.24, 2.45) is 0 Å². The van der Waals surface area contributed by atoms with Gasteiger partial charge in [0.15, 0.2) is 0 Å². The Balaban J connectivity index is 3.15. The lowest BCUT2D eigenvalue weighted by molar-refractivity contribution is -0.137. The standard InChI is InChI=1S/C14H17BrF3NO/c1-4-10(5-2)19(3)13(20)11-8-9(14(16,17)18)6-7-12(11)15/h6-8,10H,4-5H2,1-3H3. The van der Waals surface area contributed by atoms with Gasteiger partial charge in [-0.05, 0) is 47.0 Å². The molecule has 0 bridgehead atoms. The summed E-state index contributed by atoms with van der Waals surface area (Å²) >= 11 is 3.14. The average Bonchev–Trinajstić information content (AvgIpc) is 2.38. The van der Waals surface area contributed by atoms with Crippen molar-refractivity contribution >= 4 is 21.8 Å². The molecule has 0 atom stereocenters. The lowest BCUT2D eigenvalue weighted by Crippen LogP contribution is -2.36. The summed E-state index contributed by atoms with van der Waals surface area (Å²) in [6.07, 6.45) is -2.94. The van der Waals surface area contributed by atoms with Crippen LogP contribution in [0, 0.1) is 0 Å². The maximum absolute atomic E-state index is 12.7. The van der Waals surface area contributed by atoms with E-state index in [4.69, 9.17) is 0 Å². The summed E-state index contributed by atoms with van der Waals surface area (Å²) in [5.74, 6) is -0.406. The zero-order valence-electron chi connectivity index (χ0n) is 11.6. The van der Waals surface area contributed by atoms with Crippen LogP contribution in [-0.2, 0) is 6.18 Å². The number of carbonyl (C=O) groups excluding carboxylic acids is 1. The molecule has 0 aliphatic rings. The van der Waals surface area contributed by atoms with Gasteiger partial charge in [0.2, 0.25) is 0 Å². The zero-order chi connectivity index (χ0) is 15.5. The number of carbonyl (C=O) groups is 1. The first kappa shape index (κ1) is 17.0. The minimum Gasteiger partial charge on any atom is -0.339 e. The van der Waals surface area contributed by atoms with Crippen molar-refractivity contribution < 1.29 is 18.0 Å². The molecule has 0 fully saturated rings. The second-order valence-electron chi connectivity index (χ2n) is 4.58. The van der Waals surface area contributed by atoms with E-state index in [1.807, 2.05) is 13.8 Å². The van der Waals surface area contributed by atoms with E-state index in [-0.39, 0.29) is 11.6 Å². The molecule has 0 radical (unpaired) electrons. The Morgan fingerprint density at radius 3 is 2.30 bits per heavy atom. The van der Waals surface area contributed by atoms with Gasteiger partial charge in [0, 0.05) is 17.6 Å². The Kier molecular flexibility index (Phi) is 5.62. The molecule has 1 amide bonds. The Labute approximate surface area is 125 Å². The fourth-order valence-electron chi connectivity index (χ4n) is 2.06. The van der Waals surface area contributed by atoms with E-state index >= 15 is 0 Å². The van der Waals surface area contributed by atoms with E-state index in [1.165, 1.54) is 11.0 Å². The molecule has 0 saturated heterocycles. The second kappa shape index (κ2) is 6.61. The van der Waals surface area contributed by atoms with E-state index in [1.54, 1.807) is 7.05 Å². The van der Waals surface area contributed by atoms with Crippen molar-refractivity contribution in [1.82, 2.24) is 4.90 Å². The van der Waals surface area contributed by atoms with E-state index in [0.717, 1.165) is 25.0 Å². The van der Waals surface area contributed by atoms with Gasteiger partial charge in [0.25, 0.3) is 5.91 Å². The molecule has 0 heterocycles. The van der Waals surface area contributed by atoms with Crippen molar-refractivity contribution in [3.63, 3.8) is 0 Å². The summed E-state index contributed by atoms with van der Waals surface area (Å²) in [6.45, 7) is 3.89. The summed E-state index contributed by atoms with van der Waals surface area (Å²) in [5.41, 5.74) is -0.781. The number of benzene rings is 1. The van der Waals surface area contributed by atoms with Crippen LogP contribution in [0.2, 0.25) is 0 Å². The summed E-state index contributed by atoms with van der Waals surface area (Å²) in [6, 6.07) is 3.13. The SMILES string of the molecule is CCC(CC)N(C)C(=O)c1cc(C(F)(F)F)ccc1Br. The van der Waals surface area contributed by atoms with Gasteiger partial charge in [0.1, 0.15) is 0 Å². The molecule has 1 aromatic rings. The normalized spacial score (nSPS) is 11.8. The Bertz CT molecular complexity index is 484. The van der Waals surface area contributed by atoms with Gasteiger partial charge in [-0.25, -0.2) is 0 Å². The van der Waals surface area contributed by atoms with Gasteiger partial charge in [-0.1, -0.05) is 13.8 Å². The molecule has 6 heteroatoms. The van der Waals surface area contributed by atoms with Gasteiger partial charge in [-0.15, -0.1) is 0 Å². The number of alkyl halides is 3. The third-order valence-corrected chi connectivity index (χ3v) is 4.03. The molecule has 0 N–H and O–H groups in total. The van der Waals surface area contributed by atoms with Crippen LogP contribution >= 0.6 is 15.9 Å². The van der Waals surface area contributed by atoms with Gasteiger partial charge in [-0.2, -0.15) is 13.2 Å². The van der Waals surface area contributed by atoms with Crippen molar-refractivity contribution in [3.8, 4) is 0 Å². The van der Waals surface area contributed by atoms with Crippen LogP contribution in [0.1, 0.15) is 42.6 Å². The maximum Gasteiger partial charge on any atom is 0.416 e. The largest absolute Gasteiger partial charge is 0.416 e. The third-order valence-electron chi connectivity index (χ3n) is 3.33. The first-order valence-corrected chi connectivity index (χ1v) is 7.15. The highest BCUT2D eigenvalue weighted by molar-refractivity contribution is 9.10. The van der Waals surface area contributed by atoms with Crippen LogP contribution in [0.3, 0.4) is 0 Å². The molecule has 0 spiro atoms. The number of rotatable bonds is 4. The highest BCUT2D eigenvalue weighted by Crippen LogP contribution is 2.32. The summed E-state index contributed by atoms with van der Waals surface area (Å²) in [7, 11) is 1.62. The molecule has 0 aliphatic heterocycles. The molecule has 0 aromatic heterocycles. The van der Waals surface area contributed by atoms with Crippen LogP contribution < -0.4 is 0 Å². The number of hydrogen-bond acceptors (Lipinski definition) is 1. The van der Waals surface area contributed by atoms with Crippen LogP contribution in [0.15, 0.2) is 22.7 Å². The third kappa shape index (κ3) is 3.75. The Morgan fingerprint density at radius 2 is 1.85 bits per heavy atom. The van der Waals surface area contributed by atoms with Gasteiger partial charge >= 0.3 is 6.18 Å². The first-order valence-electron chi connectivity index (χ1n) is 6.36. The highest BCUT2D eigenvalue weighted by atomic mass is 79.9. The van der Waals surface area contributed by atoms with E-state index in [0.29, 0.717) is 4.47 Å². The quantitative estimate of drug-likeness (QED) is 0.767.